The van der Waals surface area contributed by atoms with Gasteiger partial charge in [-0.2, -0.15) is 0 Å². The lowest BCUT2D eigenvalue weighted by Crippen LogP contribution is -2.34. The number of aryl methyl sites for hydroxylation is 1. The molecule has 3 rings (SSSR count). The topological polar surface area (TPSA) is 80.3 Å². The number of carbonyl (C=O) groups excluding carboxylic acids is 2. The van der Waals surface area contributed by atoms with Crippen LogP contribution in [0, 0.1) is 6.92 Å². The molecule has 0 aliphatic rings. The van der Waals surface area contributed by atoms with Crippen molar-refractivity contribution in [3.8, 4) is 11.6 Å². The van der Waals surface area contributed by atoms with Gasteiger partial charge in [-0.3, -0.25) is 10.1 Å². The molecule has 0 radical (unpaired) electrons. The Morgan fingerprint density at radius 2 is 1.60 bits per heavy atom. The molecule has 1 heterocycles. The minimum Gasteiger partial charge on any atom is -0.439 e. The van der Waals surface area contributed by atoms with Crippen molar-refractivity contribution in [3.05, 3.63) is 79.9 Å². The highest BCUT2D eigenvalue weighted by Crippen LogP contribution is 2.29. The second-order valence-electron chi connectivity index (χ2n) is 6.06. The molecular weight excluding hydrogens is 472 g/mol. The fourth-order valence-electron chi connectivity index (χ4n) is 2.48. The third-order valence-electron chi connectivity index (χ3n) is 3.76. The average molecular weight is 485 g/mol. The van der Waals surface area contributed by atoms with E-state index in [1.807, 2.05) is 0 Å². The molecule has 0 spiro atoms. The predicted molar refractivity (Wildman–Crippen MR) is 118 cm³/mol. The number of pyridine rings is 1. The van der Waals surface area contributed by atoms with Crippen LogP contribution >= 0.6 is 46.4 Å². The molecule has 0 saturated carbocycles. The molecule has 0 aliphatic carbocycles. The molecule has 0 unspecified atom stereocenters. The molecule has 10 heteroatoms. The van der Waals surface area contributed by atoms with E-state index in [1.54, 1.807) is 37.3 Å². The summed E-state index contributed by atoms with van der Waals surface area (Å²) in [6.07, 6.45) is 1.38. The highest BCUT2D eigenvalue weighted by molar-refractivity contribution is 6.40. The molecule has 0 fully saturated rings. The summed E-state index contributed by atoms with van der Waals surface area (Å²) in [5, 5.41) is 5.79. The maximum Gasteiger partial charge on any atom is 0.326 e. The van der Waals surface area contributed by atoms with Crippen molar-refractivity contribution in [1.29, 1.82) is 0 Å². The van der Waals surface area contributed by atoms with E-state index in [1.165, 1.54) is 18.3 Å². The number of nitrogens with zero attached hydrogens (tertiary/aromatic N) is 1. The molecule has 0 saturated heterocycles. The van der Waals surface area contributed by atoms with Crippen molar-refractivity contribution in [3.63, 3.8) is 0 Å². The van der Waals surface area contributed by atoms with Crippen molar-refractivity contribution in [2.45, 2.75) is 6.92 Å². The van der Waals surface area contributed by atoms with Gasteiger partial charge in [-0.25, -0.2) is 9.78 Å². The number of nitrogens with one attached hydrogen (secondary N) is 2. The summed E-state index contributed by atoms with van der Waals surface area (Å²) in [5.41, 5.74) is 0.984. The van der Waals surface area contributed by atoms with E-state index >= 15 is 0 Å². The summed E-state index contributed by atoms with van der Waals surface area (Å²) in [4.78, 5) is 28.6. The SMILES string of the molecule is Cc1cc(NC(=O)NC(=O)c2c(Cl)cccc2Cl)cnc1Oc1cc(Cl)cc(Cl)c1. The summed E-state index contributed by atoms with van der Waals surface area (Å²) in [7, 11) is 0. The number of urea groups is 1. The number of benzene rings is 2. The van der Waals surface area contributed by atoms with Crippen molar-refractivity contribution in [2.24, 2.45) is 0 Å². The smallest absolute Gasteiger partial charge is 0.326 e. The fourth-order valence-corrected chi connectivity index (χ4v) is 3.55. The summed E-state index contributed by atoms with van der Waals surface area (Å²) >= 11 is 23.9. The monoisotopic (exact) mass is 483 g/mol. The zero-order chi connectivity index (χ0) is 21.8. The first-order chi connectivity index (χ1) is 14.2. The lowest BCUT2D eigenvalue weighted by molar-refractivity contribution is 0.0967. The van der Waals surface area contributed by atoms with Crippen LogP contribution in [0.5, 0.6) is 11.6 Å². The molecule has 1 aromatic heterocycles. The van der Waals surface area contributed by atoms with Crippen LogP contribution in [0.2, 0.25) is 20.1 Å². The normalized spacial score (nSPS) is 10.4. The average Bonchev–Trinajstić information content (AvgIpc) is 2.63. The Morgan fingerprint density at radius 1 is 0.967 bits per heavy atom. The molecule has 6 nitrogen and oxygen atoms in total. The van der Waals surface area contributed by atoms with E-state index in [-0.39, 0.29) is 15.6 Å². The standard InChI is InChI=1S/C20H13Cl4N3O3/c1-10-5-13(9-25-19(10)30-14-7-11(21)6-12(22)8-14)26-20(29)27-18(28)17-15(23)3-2-4-16(17)24/h2-9H,1H3,(H2,26,27,28,29). The number of hydrogen-bond acceptors (Lipinski definition) is 4. The molecule has 2 aromatic carbocycles. The second-order valence-corrected chi connectivity index (χ2v) is 7.75. The Bertz CT molecular complexity index is 1100. The van der Waals surface area contributed by atoms with E-state index in [0.29, 0.717) is 32.9 Å². The zero-order valence-electron chi connectivity index (χ0n) is 15.3. The Kier molecular flexibility index (Phi) is 7.05. The van der Waals surface area contributed by atoms with E-state index in [9.17, 15) is 9.59 Å². The summed E-state index contributed by atoms with van der Waals surface area (Å²) in [5.74, 6) is -0.00689. The minimum atomic E-state index is -0.771. The lowest BCUT2D eigenvalue weighted by atomic mass is 10.2. The van der Waals surface area contributed by atoms with Gasteiger partial charge >= 0.3 is 6.03 Å². The van der Waals surface area contributed by atoms with Crippen LogP contribution in [0.25, 0.3) is 0 Å². The molecule has 3 aromatic rings. The number of hydrogen-bond donors (Lipinski definition) is 2. The highest BCUT2D eigenvalue weighted by atomic mass is 35.5. The van der Waals surface area contributed by atoms with Gasteiger partial charge in [0.25, 0.3) is 5.91 Å². The van der Waals surface area contributed by atoms with Crippen molar-refractivity contribution in [1.82, 2.24) is 10.3 Å². The molecule has 154 valence electrons. The highest BCUT2D eigenvalue weighted by Gasteiger charge is 2.17. The number of halogens is 4. The van der Waals surface area contributed by atoms with E-state index in [0.717, 1.165) is 0 Å². The zero-order valence-corrected chi connectivity index (χ0v) is 18.3. The first-order valence-electron chi connectivity index (χ1n) is 8.40. The first kappa shape index (κ1) is 22.2. The van der Waals surface area contributed by atoms with E-state index < -0.39 is 11.9 Å². The summed E-state index contributed by atoms with van der Waals surface area (Å²) < 4.78 is 5.69. The second kappa shape index (κ2) is 9.53. The molecule has 2 N–H and O–H groups in total. The Balaban J connectivity index is 1.68. The van der Waals surface area contributed by atoms with Crippen LogP contribution in [0.15, 0.2) is 48.7 Å². The number of rotatable bonds is 4. The van der Waals surface area contributed by atoms with Gasteiger partial charge < -0.3 is 10.1 Å². The minimum absolute atomic E-state index is 0.00854. The number of imide groups is 1. The Morgan fingerprint density at radius 3 is 2.20 bits per heavy atom. The van der Waals surface area contributed by atoms with Crippen LogP contribution < -0.4 is 15.4 Å². The van der Waals surface area contributed by atoms with Gasteiger partial charge in [0.15, 0.2) is 0 Å². The van der Waals surface area contributed by atoms with Crippen LogP contribution in [0.1, 0.15) is 15.9 Å². The van der Waals surface area contributed by atoms with Gasteiger partial charge in [-0.05, 0) is 43.3 Å². The van der Waals surface area contributed by atoms with Crippen LogP contribution in [-0.4, -0.2) is 16.9 Å². The Hall–Kier alpha value is -2.51. The van der Waals surface area contributed by atoms with E-state index in [2.05, 4.69) is 15.6 Å². The number of ether oxygens (including phenoxy) is 1. The van der Waals surface area contributed by atoms with Gasteiger partial charge in [-0.1, -0.05) is 52.5 Å². The third kappa shape index (κ3) is 5.55. The maximum absolute atomic E-state index is 12.3. The molecular formula is C20H13Cl4N3O3. The van der Waals surface area contributed by atoms with Crippen LogP contribution in [0.3, 0.4) is 0 Å². The molecule has 3 amide bonds. The van der Waals surface area contributed by atoms with Crippen LogP contribution in [-0.2, 0) is 0 Å². The largest absolute Gasteiger partial charge is 0.439 e. The van der Waals surface area contributed by atoms with Gasteiger partial charge in [-0.15, -0.1) is 0 Å². The first-order valence-corrected chi connectivity index (χ1v) is 9.91. The van der Waals surface area contributed by atoms with Gasteiger partial charge in [0.1, 0.15) is 5.75 Å². The predicted octanol–water partition coefficient (Wildman–Crippen LogP) is 6.76. The molecule has 30 heavy (non-hydrogen) atoms. The van der Waals surface area contributed by atoms with Gasteiger partial charge in [0, 0.05) is 15.6 Å². The van der Waals surface area contributed by atoms with Crippen molar-refractivity contribution in [2.75, 3.05) is 5.32 Å². The summed E-state index contributed by atoms with van der Waals surface area (Å²) in [6, 6.07) is 10.2. The van der Waals surface area contributed by atoms with Crippen molar-refractivity contribution >= 4 is 64.0 Å². The van der Waals surface area contributed by atoms with E-state index in [4.69, 9.17) is 51.1 Å². The summed E-state index contributed by atoms with van der Waals surface area (Å²) in [6.45, 7) is 1.74. The van der Waals surface area contributed by atoms with Crippen LogP contribution in [0.4, 0.5) is 10.5 Å². The van der Waals surface area contributed by atoms with Crippen molar-refractivity contribution < 1.29 is 14.3 Å². The number of aromatic nitrogens is 1. The van der Waals surface area contributed by atoms with Gasteiger partial charge in [0.2, 0.25) is 5.88 Å². The fraction of sp³-hybridized carbons (Fsp3) is 0.0500. The number of anilines is 1. The third-order valence-corrected chi connectivity index (χ3v) is 4.82. The molecule has 0 atom stereocenters. The maximum atomic E-state index is 12.3. The van der Waals surface area contributed by atoms with Gasteiger partial charge in [0.05, 0.1) is 27.5 Å². The molecule has 0 bridgehead atoms. The molecule has 0 aliphatic heterocycles. The number of carbonyl (C=O) groups is 2. The lowest BCUT2D eigenvalue weighted by Gasteiger charge is -2.11. The quantitative estimate of drug-likeness (QED) is 0.428. The number of amides is 3. The Labute approximate surface area is 192 Å².